The van der Waals surface area contributed by atoms with Crippen LogP contribution < -0.4 is 0 Å². The number of aliphatic hydroxyl groups excluding tert-OH is 1. The topological polar surface area (TPSA) is 62.4 Å². The molecule has 0 aromatic heterocycles. The van der Waals surface area contributed by atoms with Crippen molar-refractivity contribution in [2.45, 2.75) is 136 Å². The molecule has 2 heterocycles. The number of hydrogen-bond donors (Lipinski definition) is 1. The van der Waals surface area contributed by atoms with Gasteiger partial charge in [-0.15, -0.1) is 0 Å². The molecule has 6 rings (SSSR count). The summed E-state index contributed by atoms with van der Waals surface area (Å²) >= 11 is 0. The summed E-state index contributed by atoms with van der Waals surface area (Å²) in [4.78, 5) is 12.9. The van der Waals surface area contributed by atoms with Crippen LogP contribution in [0.4, 0.5) is 0 Å². The first-order valence-electron chi connectivity index (χ1n) is 14.2. The smallest absolute Gasteiger partial charge is 0.138 e. The molecule has 4 heteroatoms. The fraction of sp³-hybridized carbons (Fsp3) is 0.967. The number of rotatable bonds is 4. The van der Waals surface area contributed by atoms with E-state index in [4.69, 9.17) is 9.47 Å². The first-order valence-corrected chi connectivity index (χ1v) is 14.2. The van der Waals surface area contributed by atoms with Crippen molar-refractivity contribution in [2.75, 3.05) is 0 Å². The van der Waals surface area contributed by atoms with Crippen LogP contribution in [0.2, 0.25) is 0 Å². The first-order chi connectivity index (χ1) is 15.7. The minimum absolute atomic E-state index is 0.00357. The van der Waals surface area contributed by atoms with Crippen molar-refractivity contribution in [3.8, 4) is 0 Å². The molecule has 0 aromatic rings. The van der Waals surface area contributed by atoms with E-state index in [9.17, 15) is 9.90 Å². The zero-order valence-corrected chi connectivity index (χ0v) is 22.9. The summed E-state index contributed by atoms with van der Waals surface area (Å²) in [7, 11) is 0. The third kappa shape index (κ3) is 2.64. The molecule has 0 amide bonds. The van der Waals surface area contributed by atoms with Gasteiger partial charge in [-0.1, -0.05) is 41.5 Å². The van der Waals surface area contributed by atoms with Crippen LogP contribution >= 0.6 is 0 Å². The Balaban J connectivity index is 1.28. The third-order valence-corrected chi connectivity index (χ3v) is 13.4. The summed E-state index contributed by atoms with van der Waals surface area (Å²) in [5.41, 5.74) is 0.212. The molecule has 0 bridgehead atoms. The Kier molecular flexibility index (Phi) is 4.71. The minimum Gasteiger partial charge on any atom is -0.390 e. The number of Topliss-reactive ketones (excluding diaryl/α,β-unsaturated/α-hetero) is 1. The maximum Gasteiger partial charge on any atom is 0.138 e. The van der Waals surface area contributed by atoms with E-state index < -0.39 is 0 Å². The van der Waals surface area contributed by atoms with E-state index in [0.717, 1.165) is 25.7 Å². The number of ketones is 1. The van der Waals surface area contributed by atoms with Crippen molar-refractivity contribution in [3.63, 3.8) is 0 Å². The largest absolute Gasteiger partial charge is 0.390 e. The summed E-state index contributed by atoms with van der Waals surface area (Å²) in [6.07, 6.45) is 8.58. The standard InChI is InChI=1S/C30H48O4/c1-17(15-19(31)24-26(4,5)34-24)18-9-14-29(8)28(18,7)13-10-20-27(6)12-11-22(32)25(2,3)21(27)16-23-30(20,29)33-23/h17-21,23-24,31H,9-16H2,1-8H3/t17-,18+,19-,20-,21+,23-,24+,27-,28+,29+,30-/m1/s1. The van der Waals surface area contributed by atoms with Gasteiger partial charge < -0.3 is 14.6 Å². The van der Waals surface area contributed by atoms with Crippen LogP contribution in [0.5, 0.6) is 0 Å². The van der Waals surface area contributed by atoms with E-state index in [-0.39, 0.29) is 45.1 Å². The molecule has 0 radical (unpaired) electrons. The molecule has 4 aliphatic carbocycles. The SMILES string of the molecule is C[C@H](C[C@@H](O)[C@@H]1OC1(C)C)[C@@H]1CC[C@]2(C)[C@]34O[C@@H]3C[C@H]3C(C)(C)C(=O)CC[C@]3(C)[C@H]4CC[C@@]12C. The Labute approximate surface area is 206 Å². The number of carbonyl (C=O) groups is 1. The van der Waals surface area contributed by atoms with Crippen molar-refractivity contribution in [2.24, 2.45) is 45.3 Å². The average Bonchev–Trinajstić information content (AvgIpc) is 3.59. The lowest BCUT2D eigenvalue weighted by molar-refractivity contribution is -0.175. The van der Waals surface area contributed by atoms with Gasteiger partial charge in [0.25, 0.3) is 0 Å². The van der Waals surface area contributed by atoms with Gasteiger partial charge in [-0.2, -0.15) is 0 Å². The van der Waals surface area contributed by atoms with E-state index in [1.165, 1.54) is 25.7 Å². The van der Waals surface area contributed by atoms with E-state index >= 15 is 0 Å². The van der Waals surface area contributed by atoms with Gasteiger partial charge in [0.05, 0.1) is 17.8 Å². The average molecular weight is 473 g/mol. The third-order valence-electron chi connectivity index (χ3n) is 13.4. The molecule has 6 aliphatic rings. The van der Waals surface area contributed by atoms with Crippen LogP contribution in [0.3, 0.4) is 0 Å². The number of hydrogen-bond acceptors (Lipinski definition) is 4. The van der Waals surface area contributed by atoms with Crippen molar-refractivity contribution in [1.82, 2.24) is 0 Å². The van der Waals surface area contributed by atoms with E-state index in [1.807, 2.05) is 0 Å². The Bertz CT molecular complexity index is 909. The van der Waals surface area contributed by atoms with Gasteiger partial charge in [-0.3, -0.25) is 4.79 Å². The minimum atomic E-state index is -0.365. The monoisotopic (exact) mass is 472 g/mol. The molecule has 34 heavy (non-hydrogen) atoms. The van der Waals surface area contributed by atoms with Crippen LogP contribution in [0.25, 0.3) is 0 Å². The summed E-state index contributed by atoms with van der Waals surface area (Å²) in [6, 6.07) is 0. The maximum absolute atomic E-state index is 12.9. The molecule has 6 fully saturated rings. The molecule has 2 aliphatic heterocycles. The van der Waals surface area contributed by atoms with Gasteiger partial charge in [0.2, 0.25) is 0 Å². The van der Waals surface area contributed by atoms with Gasteiger partial charge in [0.15, 0.2) is 0 Å². The van der Waals surface area contributed by atoms with Crippen LogP contribution in [-0.2, 0) is 14.3 Å². The lowest BCUT2D eigenvalue weighted by Gasteiger charge is -2.65. The van der Waals surface area contributed by atoms with Gasteiger partial charge in [0, 0.05) is 17.3 Å². The molecule has 2 saturated heterocycles. The Hall–Kier alpha value is -0.450. The maximum atomic E-state index is 12.9. The molecule has 11 atom stereocenters. The van der Waals surface area contributed by atoms with Crippen LogP contribution in [0, 0.1) is 45.3 Å². The second-order valence-electron chi connectivity index (χ2n) is 15.2. The highest BCUT2D eigenvalue weighted by Gasteiger charge is 2.83. The van der Waals surface area contributed by atoms with Gasteiger partial charge >= 0.3 is 0 Å². The highest BCUT2D eigenvalue weighted by atomic mass is 16.6. The molecule has 0 unspecified atom stereocenters. The summed E-state index contributed by atoms with van der Waals surface area (Å²) in [5.74, 6) is 2.56. The zero-order chi connectivity index (χ0) is 24.7. The first kappa shape index (κ1) is 23.9. The van der Waals surface area contributed by atoms with Gasteiger partial charge in [-0.25, -0.2) is 0 Å². The fourth-order valence-electron chi connectivity index (χ4n) is 11.1. The number of carbonyl (C=O) groups excluding carboxylic acids is 1. The second kappa shape index (κ2) is 6.70. The van der Waals surface area contributed by atoms with Gasteiger partial charge in [-0.05, 0) is 93.3 Å². The Morgan fingerprint density at radius 3 is 2.29 bits per heavy atom. The quantitative estimate of drug-likeness (QED) is 0.515. The van der Waals surface area contributed by atoms with Gasteiger partial charge in [0.1, 0.15) is 17.5 Å². The zero-order valence-electron chi connectivity index (χ0n) is 22.9. The number of aliphatic hydroxyl groups is 1. The molecular formula is C30H48O4. The number of ether oxygens (including phenoxy) is 2. The number of fused-ring (bicyclic) bond motifs is 3. The number of epoxide rings is 2. The predicted octanol–water partition coefficient (Wildman–Crippen LogP) is 5.94. The molecule has 192 valence electrons. The fourth-order valence-corrected chi connectivity index (χ4v) is 11.1. The van der Waals surface area contributed by atoms with Crippen LogP contribution in [-0.4, -0.2) is 40.4 Å². The van der Waals surface area contributed by atoms with Crippen molar-refractivity contribution >= 4 is 5.78 Å². The van der Waals surface area contributed by atoms with Crippen molar-refractivity contribution < 1.29 is 19.4 Å². The summed E-state index contributed by atoms with van der Waals surface area (Å²) in [6.45, 7) is 18.6. The molecular weight excluding hydrogens is 424 g/mol. The lowest BCUT2D eigenvalue weighted by Crippen LogP contribution is -2.65. The lowest BCUT2D eigenvalue weighted by atomic mass is 9.38. The molecule has 4 saturated carbocycles. The van der Waals surface area contributed by atoms with Crippen molar-refractivity contribution in [1.29, 1.82) is 0 Å². The Morgan fingerprint density at radius 1 is 0.971 bits per heavy atom. The molecule has 4 nitrogen and oxygen atoms in total. The Morgan fingerprint density at radius 2 is 1.65 bits per heavy atom. The molecule has 0 aromatic carbocycles. The van der Waals surface area contributed by atoms with Crippen LogP contribution in [0.15, 0.2) is 0 Å². The summed E-state index contributed by atoms with van der Waals surface area (Å²) in [5, 5.41) is 10.9. The van der Waals surface area contributed by atoms with E-state index in [0.29, 0.717) is 35.6 Å². The molecule has 1 spiro atoms. The highest BCUT2D eigenvalue weighted by molar-refractivity contribution is 5.85. The van der Waals surface area contributed by atoms with Crippen molar-refractivity contribution in [3.05, 3.63) is 0 Å². The second-order valence-corrected chi connectivity index (χ2v) is 15.2. The normalized spacial score (nSPS) is 55.9. The van der Waals surface area contributed by atoms with E-state index in [2.05, 4.69) is 55.4 Å². The highest BCUT2D eigenvalue weighted by Crippen LogP contribution is 2.81. The van der Waals surface area contributed by atoms with E-state index in [1.54, 1.807) is 0 Å². The molecule has 1 N–H and O–H groups in total. The summed E-state index contributed by atoms with van der Waals surface area (Å²) < 4.78 is 12.7. The predicted molar refractivity (Wildman–Crippen MR) is 132 cm³/mol. The van der Waals surface area contributed by atoms with Crippen LogP contribution in [0.1, 0.15) is 107 Å².